The third-order valence-electron chi connectivity index (χ3n) is 2.22. The van der Waals surface area contributed by atoms with Gasteiger partial charge in [-0.25, -0.2) is 4.79 Å². The SMILES string of the molecule is CC(=O)NCCNC(=O)NC1CCC1. The third-order valence-corrected chi connectivity index (χ3v) is 2.22. The van der Waals surface area contributed by atoms with Crippen molar-refractivity contribution in [3.8, 4) is 0 Å². The molecule has 0 unspecified atom stereocenters. The van der Waals surface area contributed by atoms with E-state index in [1.165, 1.54) is 13.3 Å². The van der Waals surface area contributed by atoms with Gasteiger partial charge in [0.2, 0.25) is 5.91 Å². The zero-order valence-corrected chi connectivity index (χ0v) is 8.43. The van der Waals surface area contributed by atoms with Gasteiger partial charge in [0.1, 0.15) is 0 Å². The van der Waals surface area contributed by atoms with E-state index in [1.807, 2.05) is 0 Å². The predicted molar refractivity (Wildman–Crippen MR) is 52.9 cm³/mol. The molecule has 0 bridgehead atoms. The molecule has 80 valence electrons. The van der Waals surface area contributed by atoms with E-state index >= 15 is 0 Å². The summed E-state index contributed by atoms with van der Waals surface area (Å²) in [5.74, 6) is -0.0776. The maximum absolute atomic E-state index is 11.2. The number of rotatable bonds is 4. The van der Waals surface area contributed by atoms with E-state index in [2.05, 4.69) is 16.0 Å². The van der Waals surface area contributed by atoms with Crippen molar-refractivity contribution in [2.24, 2.45) is 0 Å². The molecule has 0 aromatic heterocycles. The number of nitrogens with one attached hydrogen (secondary N) is 3. The molecule has 5 nitrogen and oxygen atoms in total. The molecule has 3 N–H and O–H groups in total. The fourth-order valence-corrected chi connectivity index (χ4v) is 1.20. The number of carbonyl (C=O) groups excluding carboxylic acids is 2. The van der Waals surface area contributed by atoms with Crippen LogP contribution in [0, 0.1) is 0 Å². The lowest BCUT2D eigenvalue weighted by molar-refractivity contribution is -0.118. The van der Waals surface area contributed by atoms with Crippen LogP contribution >= 0.6 is 0 Å². The zero-order valence-electron chi connectivity index (χ0n) is 8.43. The lowest BCUT2D eigenvalue weighted by Gasteiger charge is -2.26. The van der Waals surface area contributed by atoms with Crippen LogP contribution < -0.4 is 16.0 Å². The molecule has 1 fully saturated rings. The minimum atomic E-state index is -0.139. The van der Waals surface area contributed by atoms with Gasteiger partial charge in [0.25, 0.3) is 0 Å². The standard InChI is InChI=1S/C9H17N3O2/c1-7(13)10-5-6-11-9(14)12-8-3-2-4-8/h8H,2-6H2,1H3,(H,10,13)(H2,11,12,14). The van der Waals surface area contributed by atoms with E-state index < -0.39 is 0 Å². The van der Waals surface area contributed by atoms with E-state index in [4.69, 9.17) is 0 Å². The van der Waals surface area contributed by atoms with Crippen molar-refractivity contribution >= 4 is 11.9 Å². The second kappa shape index (κ2) is 5.47. The molecular formula is C9H17N3O2. The third kappa shape index (κ3) is 4.11. The molecular weight excluding hydrogens is 182 g/mol. The van der Waals surface area contributed by atoms with Crippen LogP contribution in [0.3, 0.4) is 0 Å². The molecule has 0 radical (unpaired) electrons. The Morgan fingerprint density at radius 3 is 2.36 bits per heavy atom. The predicted octanol–water partition coefficient (Wildman–Crippen LogP) is -0.0258. The zero-order chi connectivity index (χ0) is 10.4. The van der Waals surface area contributed by atoms with E-state index in [0.717, 1.165) is 12.8 Å². The first-order valence-electron chi connectivity index (χ1n) is 4.97. The molecule has 1 aliphatic rings. The van der Waals surface area contributed by atoms with Crippen molar-refractivity contribution in [3.63, 3.8) is 0 Å². The summed E-state index contributed by atoms with van der Waals surface area (Å²) in [7, 11) is 0. The Bertz CT molecular complexity index is 214. The molecule has 0 spiro atoms. The molecule has 0 atom stereocenters. The van der Waals surface area contributed by atoms with Crippen molar-refractivity contribution in [2.75, 3.05) is 13.1 Å². The summed E-state index contributed by atoms with van der Waals surface area (Å²) >= 11 is 0. The van der Waals surface area contributed by atoms with E-state index in [1.54, 1.807) is 0 Å². The lowest BCUT2D eigenvalue weighted by Crippen LogP contribution is -2.46. The second-order valence-corrected chi connectivity index (χ2v) is 3.51. The molecule has 0 heterocycles. The minimum absolute atomic E-state index is 0.0776. The van der Waals surface area contributed by atoms with Gasteiger partial charge in [-0.15, -0.1) is 0 Å². The van der Waals surface area contributed by atoms with Crippen LogP contribution in [-0.2, 0) is 4.79 Å². The highest BCUT2D eigenvalue weighted by Crippen LogP contribution is 2.17. The summed E-state index contributed by atoms with van der Waals surface area (Å²) in [6.45, 7) is 2.40. The summed E-state index contributed by atoms with van der Waals surface area (Å²) < 4.78 is 0. The van der Waals surface area contributed by atoms with Crippen molar-refractivity contribution in [1.29, 1.82) is 0 Å². The molecule has 0 aromatic rings. The number of urea groups is 1. The Balaban J connectivity index is 1.94. The average Bonchev–Trinajstić information content (AvgIpc) is 2.05. The largest absolute Gasteiger partial charge is 0.355 e. The molecule has 0 aromatic carbocycles. The molecule has 1 rings (SSSR count). The topological polar surface area (TPSA) is 70.2 Å². The highest BCUT2D eigenvalue weighted by Gasteiger charge is 2.18. The Hall–Kier alpha value is -1.26. The first-order valence-corrected chi connectivity index (χ1v) is 4.97. The Labute approximate surface area is 83.6 Å². The first-order chi connectivity index (χ1) is 6.68. The van der Waals surface area contributed by atoms with Gasteiger partial charge in [-0.1, -0.05) is 0 Å². The highest BCUT2D eigenvalue weighted by molar-refractivity contribution is 5.75. The Morgan fingerprint density at radius 1 is 1.21 bits per heavy atom. The molecule has 0 saturated heterocycles. The van der Waals surface area contributed by atoms with Crippen LogP contribution in [0.5, 0.6) is 0 Å². The van der Waals surface area contributed by atoms with Gasteiger partial charge in [-0.3, -0.25) is 4.79 Å². The van der Waals surface area contributed by atoms with Crippen LogP contribution in [0.1, 0.15) is 26.2 Å². The van der Waals surface area contributed by atoms with E-state index in [9.17, 15) is 9.59 Å². The Morgan fingerprint density at radius 2 is 1.86 bits per heavy atom. The minimum Gasteiger partial charge on any atom is -0.355 e. The van der Waals surface area contributed by atoms with Crippen LogP contribution in [0.15, 0.2) is 0 Å². The van der Waals surface area contributed by atoms with Crippen LogP contribution in [0.4, 0.5) is 4.79 Å². The van der Waals surface area contributed by atoms with Crippen LogP contribution in [0.25, 0.3) is 0 Å². The van der Waals surface area contributed by atoms with Crippen molar-refractivity contribution in [1.82, 2.24) is 16.0 Å². The van der Waals surface area contributed by atoms with Crippen molar-refractivity contribution in [3.05, 3.63) is 0 Å². The number of amides is 3. The second-order valence-electron chi connectivity index (χ2n) is 3.51. The van der Waals surface area contributed by atoms with Gasteiger partial charge in [-0.05, 0) is 19.3 Å². The normalized spacial score (nSPS) is 15.5. The maximum Gasteiger partial charge on any atom is 0.315 e. The smallest absolute Gasteiger partial charge is 0.315 e. The molecule has 14 heavy (non-hydrogen) atoms. The summed E-state index contributed by atoms with van der Waals surface area (Å²) in [6.07, 6.45) is 3.37. The molecule has 1 aliphatic carbocycles. The quantitative estimate of drug-likeness (QED) is 0.557. The number of hydrogen-bond donors (Lipinski definition) is 3. The van der Waals surface area contributed by atoms with Gasteiger partial charge >= 0.3 is 6.03 Å². The molecule has 5 heteroatoms. The van der Waals surface area contributed by atoms with Crippen LogP contribution in [0.2, 0.25) is 0 Å². The van der Waals surface area contributed by atoms with Gasteiger partial charge < -0.3 is 16.0 Å². The van der Waals surface area contributed by atoms with Crippen LogP contribution in [-0.4, -0.2) is 31.1 Å². The monoisotopic (exact) mass is 199 g/mol. The molecule has 0 aliphatic heterocycles. The average molecular weight is 199 g/mol. The van der Waals surface area contributed by atoms with Gasteiger partial charge in [0.15, 0.2) is 0 Å². The fraction of sp³-hybridized carbons (Fsp3) is 0.778. The fourth-order valence-electron chi connectivity index (χ4n) is 1.20. The molecule has 1 saturated carbocycles. The van der Waals surface area contributed by atoms with E-state index in [0.29, 0.717) is 19.1 Å². The molecule has 3 amide bonds. The van der Waals surface area contributed by atoms with Crippen molar-refractivity contribution < 1.29 is 9.59 Å². The lowest BCUT2D eigenvalue weighted by atomic mass is 9.93. The summed E-state index contributed by atoms with van der Waals surface area (Å²) in [4.78, 5) is 21.6. The van der Waals surface area contributed by atoms with Gasteiger partial charge in [0.05, 0.1) is 0 Å². The summed E-state index contributed by atoms with van der Waals surface area (Å²) in [6, 6.07) is 0.218. The maximum atomic E-state index is 11.2. The first kappa shape index (κ1) is 10.8. The van der Waals surface area contributed by atoms with Gasteiger partial charge in [0, 0.05) is 26.1 Å². The van der Waals surface area contributed by atoms with Gasteiger partial charge in [-0.2, -0.15) is 0 Å². The highest BCUT2D eigenvalue weighted by atomic mass is 16.2. The van der Waals surface area contributed by atoms with E-state index in [-0.39, 0.29) is 11.9 Å². The summed E-state index contributed by atoms with van der Waals surface area (Å²) in [5, 5.41) is 8.11. The summed E-state index contributed by atoms with van der Waals surface area (Å²) in [5.41, 5.74) is 0. The van der Waals surface area contributed by atoms with Crippen molar-refractivity contribution in [2.45, 2.75) is 32.2 Å². The number of hydrogen-bond acceptors (Lipinski definition) is 2. The number of carbonyl (C=O) groups is 2. The Kier molecular flexibility index (Phi) is 4.22.